The average Bonchev–Trinajstić information content (AvgIpc) is 2.79. The molecule has 202 valence electrons. The van der Waals surface area contributed by atoms with Gasteiger partial charge in [-0.2, -0.15) is 0 Å². The van der Waals surface area contributed by atoms with Crippen molar-refractivity contribution >= 4 is 11.9 Å². The highest BCUT2D eigenvalue weighted by Crippen LogP contribution is 2.76. The van der Waals surface area contributed by atoms with Crippen LogP contribution < -0.4 is 0 Å². The molecule has 0 saturated heterocycles. The zero-order chi connectivity index (χ0) is 26.7. The molecule has 0 spiro atoms. The van der Waals surface area contributed by atoms with Gasteiger partial charge in [-0.05, 0) is 106 Å². The first kappa shape index (κ1) is 26.2. The van der Waals surface area contributed by atoms with E-state index in [1.165, 1.54) is 0 Å². The van der Waals surface area contributed by atoms with E-state index in [4.69, 9.17) is 0 Å². The Balaban J connectivity index is 1.64. The van der Waals surface area contributed by atoms with Crippen molar-refractivity contribution in [2.75, 3.05) is 0 Å². The lowest BCUT2D eigenvalue weighted by molar-refractivity contribution is -0.224. The number of aliphatic hydroxyl groups excluding tert-OH is 1. The third-order valence-electron chi connectivity index (χ3n) is 13.6. The zero-order valence-electron chi connectivity index (χ0n) is 22.9. The summed E-state index contributed by atoms with van der Waals surface area (Å²) in [4.78, 5) is 25.4. The van der Waals surface area contributed by atoms with E-state index in [1.807, 2.05) is 6.92 Å². The number of aliphatic carboxylic acids is 2. The number of hydrogen-bond acceptors (Lipinski definition) is 4. The molecule has 4 saturated carbocycles. The third-order valence-corrected chi connectivity index (χ3v) is 13.6. The first-order valence-electron chi connectivity index (χ1n) is 14.1. The molecule has 0 aromatic heterocycles. The van der Waals surface area contributed by atoms with Crippen LogP contribution in [0.15, 0.2) is 11.6 Å². The highest BCUT2D eigenvalue weighted by atomic mass is 16.4. The van der Waals surface area contributed by atoms with E-state index < -0.39 is 40.4 Å². The molecule has 5 aliphatic carbocycles. The molecule has 0 aromatic carbocycles. The largest absolute Gasteiger partial charge is 0.481 e. The lowest BCUT2D eigenvalue weighted by Crippen LogP contribution is -2.68. The number of hydrogen-bond donors (Lipinski definition) is 4. The van der Waals surface area contributed by atoms with Crippen molar-refractivity contribution < 1.29 is 30.0 Å². The Kier molecular flexibility index (Phi) is 5.53. The molecule has 0 aromatic rings. The van der Waals surface area contributed by atoms with Crippen molar-refractivity contribution in [3.63, 3.8) is 0 Å². The van der Waals surface area contributed by atoms with Gasteiger partial charge < -0.3 is 20.4 Å². The van der Waals surface area contributed by atoms with Crippen LogP contribution in [-0.2, 0) is 9.59 Å². The van der Waals surface area contributed by atoms with Crippen molar-refractivity contribution in [1.82, 2.24) is 0 Å². The van der Waals surface area contributed by atoms with Gasteiger partial charge in [0.2, 0.25) is 0 Å². The molecule has 0 aliphatic heterocycles. The minimum absolute atomic E-state index is 0.0214. The average molecular weight is 503 g/mol. The minimum Gasteiger partial charge on any atom is -0.481 e. The molecule has 4 N–H and O–H groups in total. The number of fused-ring (bicyclic) bond motifs is 7. The number of rotatable bonds is 2. The fraction of sp³-hybridized carbons (Fsp3) is 0.867. The van der Waals surface area contributed by atoms with E-state index in [0.717, 1.165) is 44.1 Å². The second-order valence-corrected chi connectivity index (χ2v) is 14.5. The number of allylic oxidation sites excluding steroid dienone is 1. The Morgan fingerprint density at radius 3 is 2.14 bits per heavy atom. The van der Waals surface area contributed by atoms with Gasteiger partial charge in [-0.25, -0.2) is 0 Å². The van der Waals surface area contributed by atoms with E-state index in [9.17, 15) is 30.0 Å². The van der Waals surface area contributed by atoms with Gasteiger partial charge in [0, 0.05) is 5.92 Å². The van der Waals surface area contributed by atoms with Gasteiger partial charge >= 0.3 is 11.9 Å². The maximum Gasteiger partial charge on any atom is 0.312 e. The van der Waals surface area contributed by atoms with Crippen LogP contribution in [0.1, 0.15) is 99.3 Å². The molecular weight excluding hydrogens is 456 g/mol. The predicted octanol–water partition coefficient (Wildman–Crippen LogP) is 5.27. The Labute approximate surface area is 215 Å². The molecule has 0 bridgehead atoms. The van der Waals surface area contributed by atoms with Gasteiger partial charge in [0.05, 0.1) is 22.5 Å². The predicted molar refractivity (Wildman–Crippen MR) is 136 cm³/mol. The molecular formula is C30H46O6. The van der Waals surface area contributed by atoms with Crippen LogP contribution in [0.3, 0.4) is 0 Å². The third kappa shape index (κ3) is 2.81. The number of carboxylic acid groups (broad SMARTS) is 2. The van der Waals surface area contributed by atoms with Gasteiger partial charge in [-0.1, -0.05) is 39.3 Å². The Morgan fingerprint density at radius 2 is 1.53 bits per heavy atom. The molecule has 0 radical (unpaired) electrons. The highest BCUT2D eigenvalue weighted by Gasteiger charge is 2.72. The first-order chi connectivity index (χ1) is 16.5. The maximum absolute atomic E-state index is 12.8. The number of aliphatic hydroxyl groups is 2. The monoisotopic (exact) mass is 502 g/mol. The second-order valence-electron chi connectivity index (χ2n) is 14.5. The first-order valence-corrected chi connectivity index (χ1v) is 14.1. The molecule has 0 heterocycles. The van der Waals surface area contributed by atoms with E-state index in [1.54, 1.807) is 6.92 Å². The van der Waals surface area contributed by atoms with E-state index in [-0.39, 0.29) is 34.0 Å². The fourth-order valence-electron chi connectivity index (χ4n) is 10.8. The van der Waals surface area contributed by atoms with E-state index in [0.29, 0.717) is 19.3 Å². The van der Waals surface area contributed by atoms with Gasteiger partial charge in [0.15, 0.2) is 0 Å². The maximum atomic E-state index is 12.8. The van der Waals surface area contributed by atoms with Crippen LogP contribution in [-0.4, -0.2) is 44.1 Å². The quantitative estimate of drug-likeness (QED) is 0.383. The summed E-state index contributed by atoms with van der Waals surface area (Å²) in [5, 5.41) is 43.5. The van der Waals surface area contributed by atoms with Gasteiger partial charge in [-0.15, -0.1) is 0 Å². The highest BCUT2D eigenvalue weighted by molar-refractivity contribution is 5.77. The molecule has 36 heavy (non-hydrogen) atoms. The fourth-order valence-corrected chi connectivity index (χ4v) is 10.8. The molecule has 4 fully saturated rings. The molecule has 11 atom stereocenters. The zero-order valence-corrected chi connectivity index (χ0v) is 22.9. The van der Waals surface area contributed by atoms with Crippen molar-refractivity contribution in [1.29, 1.82) is 0 Å². The van der Waals surface area contributed by atoms with E-state index >= 15 is 0 Å². The minimum atomic E-state index is -1.16. The Hall–Kier alpha value is -1.40. The summed E-state index contributed by atoms with van der Waals surface area (Å²) in [7, 11) is 0. The molecule has 5 aliphatic rings. The Bertz CT molecular complexity index is 1020. The smallest absolute Gasteiger partial charge is 0.312 e. The lowest BCUT2D eigenvalue weighted by atomic mass is 9.33. The van der Waals surface area contributed by atoms with Crippen LogP contribution in [0.5, 0.6) is 0 Å². The van der Waals surface area contributed by atoms with Gasteiger partial charge in [0.25, 0.3) is 0 Å². The molecule has 0 amide bonds. The van der Waals surface area contributed by atoms with E-state index in [2.05, 4.69) is 33.8 Å². The van der Waals surface area contributed by atoms with Crippen LogP contribution in [0.2, 0.25) is 0 Å². The van der Waals surface area contributed by atoms with Crippen molar-refractivity contribution in [2.45, 2.75) is 111 Å². The number of carboxylic acids is 2. The summed E-state index contributed by atoms with van der Waals surface area (Å²) in [5.41, 5.74) is -2.66. The van der Waals surface area contributed by atoms with Gasteiger partial charge in [-0.3, -0.25) is 9.59 Å². The van der Waals surface area contributed by atoms with Crippen LogP contribution in [0, 0.1) is 50.7 Å². The van der Waals surface area contributed by atoms with Crippen molar-refractivity contribution in [3.05, 3.63) is 11.6 Å². The normalized spacial score (nSPS) is 56.3. The van der Waals surface area contributed by atoms with Crippen LogP contribution >= 0.6 is 0 Å². The number of carbonyl (C=O) groups is 2. The summed E-state index contributed by atoms with van der Waals surface area (Å²) in [6, 6.07) is 0. The summed E-state index contributed by atoms with van der Waals surface area (Å²) in [6.07, 6.45) is 7.77. The van der Waals surface area contributed by atoms with Gasteiger partial charge in [0.1, 0.15) is 0 Å². The summed E-state index contributed by atoms with van der Waals surface area (Å²) in [6.45, 7) is 12.6. The van der Waals surface area contributed by atoms with Crippen molar-refractivity contribution in [3.8, 4) is 0 Å². The summed E-state index contributed by atoms with van der Waals surface area (Å²) < 4.78 is 0. The molecule has 6 nitrogen and oxygen atoms in total. The lowest BCUT2D eigenvalue weighted by Gasteiger charge is -2.71. The van der Waals surface area contributed by atoms with Crippen molar-refractivity contribution in [2.24, 2.45) is 50.7 Å². The topological polar surface area (TPSA) is 115 Å². The Morgan fingerprint density at radius 1 is 0.861 bits per heavy atom. The second kappa shape index (κ2) is 7.59. The summed E-state index contributed by atoms with van der Waals surface area (Å²) in [5.74, 6) is -1.93. The molecule has 6 heteroatoms. The summed E-state index contributed by atoms with van der Waals surface area (Å²) >= 11 is 0. The molecule has 0 unspecified atom stereocenters. The SMILES string of the molecule is C[C@@H]1CC[C@]2(C(=O)O)CC[C@]3(C)C(=CC[C@H]4[C@@]5(C)CC[C@H](O)[C@](C)(C(=O)O)[C@H]5CC[C@]43C)[C@H]2[C@]1(C)O. The van der Waals surface area contributed by atoms with Crippen LogP contribution in [0.25, 0.3) is 0 Å². The molecule has 5 rings (SSSR count). The van der Waals surface area contributed by atoms with Crippen LogP contribution in [0.4, 0.5) is 0 Å². The standard InChI is InChI=1S/C30H46O6/c1-17-9-14-30(24(34)35)16-15-26(3)18(22(30)29(17,6)36)7-8-19-25(2)12-11-21(31)28(5,23(32)33)20(25)10-13-27(19,26)4/h7,17,19-22,31,36H,8-16H2,1-6H3,(H,32,33)(H,34,35)/t17-,19+,20+,21+,22+,25-,26-,27-,28-,29-,30+/m1/s1.